The standard InChI is InChI=1S/C29H33F6N3O3/c1-18(20-15-21(28(30,31)32)17-22(16-20)29(33,34)35)36-24(39)27(10-9-19-7-5-6-8-23(19)27)38-13-11-37(12-14-38)25(40)41-26(2,3)4/h5-8,15-18H,9-14H2,1-4H3,(H,36,39)/t18-,27-/m0/s1. The van der Waals surface area contributed by atoms with E-state index in [2.05, 4.69) is 5.32 Å². The largest absolute Gasteiger partial charge is 0.444 e. The summed E-state index contributed by atoms with van der Waals surface area (Å²) >= 11 is 0. The molecule has 2 aromatic rings. The highest BCUT2D eigenvalue weighted by atomic mass is 19.4. The molecule has 4 rings (SSSR count). The topological polar surface area (TPSA) is 61.9 Å². The SMILES string of the molecule is C[C@H](NC(=O)[C@]1(N2CCN(C(=O)OC(C)(C)C)CC2)CCc2ccccc21)c1cc(C(F)(F)F)cc(C(F)(F)F)c1. The lowest BCUT2D eigenvalue weighted by atomic mass is 9.87. The predicted octanol–water partition coefficient (Wildman–Crippen LogP) is 6.30. The maximum Gasteiger partial charge on any atom is 0.416 e. The number of carbonyl (C=O) groups is 2. The van der Waals surface area contributed by atoms with Crippen LogP contribution in [0.2, 0.25) is 0 Å². The van der Waals surface area contributed by atoms with E-state index in [0.717, 1.165) is 11.1 Å². The summed E-state index contributed by atoms with van der Waals surface area (Å²) in [5, 5.41) is 2.72. The molecule has 0 unspecified atom stereocenters. The van der Waals surface area contributed by atoms with Crippen LogP contribution in [0.25, 0.3) is 0 Å². The molecule has 0 spiro atoms. The predicted molar refractivity (Wildman–Crippen MR) is 139 cm³/mol. The van der Waals surface area contributed by atoms with Crippen LogP contribution in [0.1, 0.15) is 68.0 Å². The Kier molecular flexibility index (Phi) is 8.12. The van der Waals surface area contributed by atoms with Gasteiger partial charge in [-0.25, -0.2) is 4.79 Å². The van der Waals surface area contributed by atoms with Crippen LogP contribution in [0.15, 0.2) is 42.5 Å². The number of hydrogen-bond donors (Lipinski definition) is 1. The Morgan fingerprint density at radius 3 is 2.00 bits per heavy atom. The van der Waals surface area contributed by atoms with Gasteiger partial charge in [0.25, 0.3) is 0 Å². The third-order valence-electron chi connectivity index (χ3n) is 7.52. The van der Waals surface area contributed by atoms with E-state index in [-0.39, 0.29) is 24.7 Å². The molecule has 0 radical (unpaired) electrons. The molecule has 1 saturated heterocycles. The second kappa shape index (κ2) is 10.8. The first-order valence-corrected chi connectivity index (χ1v) is 13.3. The minimum Gasteiger partial charge on any atom is -0.444 e. The minimum atomic E-state index is -5.00. The van der Waals surface area contributed by atoms with E-state index >= 15 is 0 Å². The first-order valence-electron chi connectivity index (χ1n) is 13.3. The number of alkyl halides is 6. The Morgan fingerprint density at radius 1 is 0.902 bits per heavy atom. The van der Waals surface area contributed by atoms with Gasteiger partial charge in [0.15, 0.2) is 0 Å². The van der Waals surface area contributed by atoms with E-state index < -0.39 is 52.7 Å². The van der Waals surface area contributed by atoms with Crippen molar-refractivity contribution in [3.05, 3.63) is 70.3 Å². The number of piperazine rings is 1. The van der Waals surface area contributed by atoms with Gasteiger partial charge < -0.3 is 15.0 Å². The molecule has 0 saturated carbocycles. The molecule has 2 amide bonds. The second-order valence-electron chi connectivity index (χ2n) is 11.5. The van der Waals surface area contributed by atoms with Gasteiger partial charge in [0.2, 0.25) is 5.91 Å². The molecule has 6 nitrogen and oxygen atoms in total. The van der Waals surface area contributed by atoms with Crippen LogP contribution in [0.3, 0.4) is 0 Å². The summed E-state index contributed by atoms with van der Waals surface area (Å²) in [6, 6.07) is 7.53. The highest BCUT2D eigenvalue weighted by molar-refractivity contribution is 5.89. The summed E-state index contributed by atoms with van der Waals surface area (Å²) in [5.41, 5.74) is -3.41. The molecule has 1 aliphatic heterocycles. The van der Waals surface area contributed by atoms with Gasteiger partial charge in [0.05, 0.1) is 17.2 Å². The Labute approximate surface area is 234 Å². The summed E-state index contributed by atoms with van der Waals surface area (Å²) in [4.78, 5) is 30.2. The van der Waals surface area contributed by atoms with E-state index in [1.54, 1.807) is 31.7 Å². The fraction of sp³-hybridized carbons (Fsp3) is 0.517. The van der Waals surface area contributed by atoms with Gasteiger partial charge in [-0.05, 0) is 75.4 Å². The molecule has 1 N–H and O–H groups in total. The van der Waals surface area contributed by atoms with Crippen LogP contribution in [-0.2, 0) is 33.8 Å². The lowest BCUT2D eigenvalue weighted by Crippen LogP contribution is -2.61. The van der Waals surface area contributed by atoms with Crippen LogP contribution < -0.4 is 5.32 Å². The number of nitrogens with zero attached hydrogens (tertiary/aromatic N) is 2. The molecule has 12 heteroatoms. The molecule has 1 heterocycles. The smallest absolute Gasteiger partial charge is 0.416 e. The first kappa shape index (κ1) is 30.7. The Hall–Kier alpha value is -3.28. The van der Waals surface area contributed by atoms with E-state index in [1.807, 2.05) is 23.1 Å². The van der Waals surface area contributed by atoms with Gasteiger partial charge in [-0.15, -0.1) is 0 Å². The highest BCUT2D eigenvalue weighted by Gasteiger charge is 2.51. The van der Waals surface area contributed by atoms with Gasteiger partial charge in [-0.2, -0.15) is 26.3 Å². The Bertz CT molecular complexity index is 1260. The highest BCUT2D eigenvalue weighted by Crippen LogP contribution is 2.43. The van der Waals surface area contributed by atoms with Gasteiger partial charge >= 0.3 is 18.4 Å². The van der Waals surface area contributed by atoms with E-state index in [9.17, 15) is 35.9 Å². The summed E-state index contributed by atoms with van der Waals surface area (Å²) in [6.45, 7) is 7.85. The maximum atomic E-state index is 14.1. The Morgan fingerprint density at radius 2 is 1.46 bits per heavy atom. The second-order valence-corrected chi connectivity index (χ2v) is 11.5. The van der Waals surface area contributed by atoms with Crippen molar-refractivity contribution < 1.29 is 40.7 Å². The molecule has 2 aliphatic rings. The van der Waals surface area contributed by atoms with Crippen molar-refractivity contribution >= 4 is 12.0 Å². The number of ether oxygens (including phenoxy) is 1. The van der Waals surface area contributed by atoms with Crippen molar-refractivity contribution in [2.75, 3.05) is 26.2 Å². The normalized spacial score (nSPS) is 20.9. The number of amides is 2. The fourth-order valence-electron chi connectivity index (χ4n) is 5.53. The van der Waals surface area contributed by atoms with Gasteiger partial charge in [-0.1, -0.05) is 24.3 Å². The van der Waals surface area contributed by atoms with E-state index in [0.29, 0.717) is 38.1 Å². The van der Waals surface area contributed by atoms with Crippen LogP contribution in [0.5, 0.6) is 0 Å². The first-order chi connectivity index (χ1) is 18.9. The zero-order valence-corrected chi connectivity index (χ0v) is 23.2. The average molecular weight is 586 g/mol. The number of aryl methyl sites for hydroxylation is 1. The van der Waals surface area contributed by atoms with Gasteiger partial charge in [-0.3, -0.25) is 9.69 Å². The van der Waals surface area contributed by atoms with Crippen LogP contribution in [0, 0.1) is 0 Å². The van der Waals surface area contributed by atoms with E-state index in [4.69, 9.17) is 4.74 Å². The lowest BCUT2D eigenvalue weighted by molar-refractivity contribution is -0.143. The molecule has 2 aromatic carbocycles. The number of halogens is 6. The average Bonchev–Trinajstić information content (AvgIpc) is 3.27. The zero-order valence-electron chi connectivity index (χ0n) is 23.2. The molecule has 1 fully saturated rings. The van der Waals surface area contributed by atoms with Crippen LogP contribution in [0.4, 0.5) is 31.1 Å². The number of fused-ring (bicyclic) bond motifs is 1. The third kappa shape index (κ3) is 6.47. The van der Waals surface area contributed by atoms with Gasteiger partial charge in [0.1, 0.15) is 11.1 Å². The molecule has 0 bridgehead atoms. The lowest BCUT2D eigenvalue weighted by Gasteiger charge is -2.45. The van der Waals surface area contributed by atoms with Crippen molar-refractivity contribution in [1.29, 1.82) is 0 Å². The summed E-state index contributed by atoms with van der Waals surface area (Å²) in [7, 11) is 0. The molecular weight excluding hydrogens is 552 g/mol. The molecule has 0 aromatic heterocycles. The van der Waals surface area contributed by atoms with Crippen molar-refractivity contribution in [2.45, 2.75) is 70.1 Å². The number of rotatable bonds is 4. The van der Waals surface area contributed by atoms with Crippen molar-refractivity contribution in [1.82, 2.24) is 15.1 Å². The maximum absolute atomic E-state index is 14.1. The monoisotopic (exact) mass is 585 g/mol. The quantitative estimate of drug-likeness (QED) is 0.428. The van der Waals surface area contributed by atoms with E-state index in [1.165, 1.54) is 6.92 Å². The number of benzene rings is 2. The zero-order chi connectivity index (χ0) is 30.4. The number of carbonyl (C=O) groups excluding carboxylic acids is 2. The van der Waals surface area contributed by atoms with Crippen molar-refractivity contribution in [2.24, 2.45) is 0 Å². The fourth-order valence-corrected chi connectivity index (χ4v) is 5.53. The molecule has 1 aliphatic carbocycles. The minimum absolute atomic E-state index is 0.0664. The number of hydrogen-bond acceptors (Lipinski definition) is 4. The molecule has 224 valence electrons. The summed E-state index contributed by atoms with van der Waals surface area (Å²) in [5.74, 6) is -0.522. The molecular formula is C29H33F6N3O3. The molecule has 41 heavy (non-hydrogen) atoms. The van der Waals surface area contributed by atoms with Crippen LogP contribution >= 0.6 is 0 Å². The molecule has 2 atom stereocenters. The number of nitrogens with one attached hydrogen (secondary N) is 1. The van der Waals surface area contributed by atoms with Crippen LogP contribution in [-0.4, -0.2) is 53.6 Å². The summed E-state index contributed by atoms with van der Waals surface area (Å²) in [6.07, 6.45) is -9.54. The third-order valence-corrected chi connectivity index (χ3v) is 7.52. The summed E-state index contributed by atoms with van der Waals surface area (Å²) < 4.78 is 86.2. The Balaban J connectivity index is 1.63. The van der Waals surface area contributed by atoms with Gasteiger partial charge in [0, 0.05) is 26.2 Å². The van der Waals surface area contributed by atoms with Crippen molar-refractivity contribution in [3.63, 3.8) is 0 Å². The van der Waals surface area contributed by atoms with Crippen molar-refractivity contribution in [3.8, 4) is 0 Å².